The molecule has 1 rings (SSSR count). The van der Waals surface area contributed by atoms with Crippen LogP contribution >= 0.6 is 27.7 Å². The lowest BCUT2D eigenvalue weighted by molar-refractivity contribution is 0.204. The molecule has 5 heteroatoms. The zero-order valence-electron chi connectivity index (χ0n) is 10.6. The maximum Gasteiger partial charge on any atom is 0.0486 e. The second kappa shape index (κ2) is 7.36. The van der Waals surface area contributed by atoms with Gasteiger partial charge in [0.25, 0.3) is 0 Å². The molecule has 0 aromatic carbocycles. The molecule has 3 nitrogen and oxygen atoms in total. The number of likely N-dealkylation sites (N-methyl/N-ethyl adjacent to an activating group) is 1. The molecule has 17 heavy (non-hydrogen) atoms. The molecule has 1 heterocycles. The zero-order valence-corrected chi connectivity index (χ0v) is 13.0. The number of rotatable bonds is 6. The third-order valence-electron chi connectivity index (χ3n) is 2.93. The highest BCUT2D eigenvalue weighted by Crippen LogP contribution is 2.23. The summed E-state index contributed by atoms with van der Waals surface area (Å²) in [5.41, 5.74) is 7.06. The van der Waals surface area contributed by atoms with Crippen LogP contribution in [0.1, 0.15) is 18.5 Å². The smallest absolute Gasteiger partial charge is 0.0486 e. The number of halogens is 1. The van der Waals surface area contributed by atoms with Crippen LogP contribution in [-0.2, 0) is 0 Å². The van der Waals surface area contributed by atoms with Crippen molar-refractivity contribution in [1.29, 1.82) is 0 Å². The van der Waals surface area contributed by atoms with Crippen molar-refractivity contribution < 1.29 is 0 Å². The number of nitrogens with zero attached hydrogens (tertiary/aromatic N) is 2. The molecule has 96 valence electrons. The Morgan fingerprint density at radius 3 is 2.76 bits per heavy atom. The standard InChI is InChI=1S/C12H20BrN3S/c1-9(8-17-3)16(2)12(5-14)10-4-11(13)7-15-6-10/h4,6-7,9,12H,5,8,14H2,1-3H3. The van der Waals surface area contributed by atoms with Gasteiger partial charge in [0.2, 0.25) is 0 Å². The topological polar surface area (TPSA) is 42.1 Å². The summed E-state index contributed by atoms with van der Waals surface area (Å²) in [4.78, 5) is 6.53. The van der Waals surface area contributed by atoms with Crippen molar-refractivity contribution in [2.75, 3.05) is 25.6 Å². The van der Waals surface area contributed by atoms with Crippen LogP contribution in [0.3, 0.4) is 0 Å². The van der Waals surface area contributed by atoms with Crippen molar-refractivity contribution in [2.24, 2.45) is 5.73 Å². The Hall–Kier alpha value is -0.100. The fourth-order valence-corrected chi connectivity index (χ4v) is 2.91. The molecule has 0 bridgehead atoms. The predicted octanol–water partition coefficient (Wildman–Crippen LogP) is 2.53. The van der Waals surface area contributed by atoms with Crippen LogP contribution in [-0.4, -0.2) is 41.5 Å². The van der Waals surface area contributed by atoms with Gasteiger partial charge in [0, 0.05) is 41.2 Å². The molecule has 2 atom stereocenters. The van der Waals surface area contributed by atoms with Gasteiger partial charge in [-0.2, -0.15) is 11.8 Å². The van der Waals surface area contributed by atoms with E-state index in [0.717, 1.165) is 15.8 Å². The third-order valence-corrected chi connectivity index (χ3v) is 4.18. The fraction of sp³-hybridized carbons (Fsp3) is 0.583. The molecule has 0 spiro atoms. The molecule has 2 unspecified atom stereocenters. The molecule has 0 aliphatic heterocycles. The van der Waals surface area contributed by atoms with Crippen LogP contribution in [0.15, 0.2) is 22.9 Å². The molecule has 0 amide bonds. The molecule has 0 saturated carbocycles. The minimum Gasteiger partial charge on any atom is -0.329 e. The fourth-order valence-electron chi connectivity index (χ4n) is 1.81. The molecule has 0 aliphatic rings. The van der Waals surface area contributed by atoms with E-state index in [1.807, 2.05) is 18.0 Å². The Kier molecular flexibility index (Phi) is 6.48. The van der Waals surface area contributed by atoms with E-state index in [0.29, 0.717) is 12.6 Å². The van der Waals surface area contributed by atoms with Gasteiger partial charge in [-0.1, -0.05) is 0 Å². The molecule has 0 saturated heterocycles. The lowest BCUT2D eigenvalue weighted by atomic mass is 10.1. The second-order valence-corrected chi connectivity index (χ2v) is 5.98. The minimum atomic E-state index is 0.224. The van der Waals surface area contributed by atoms with Gasteiger partial charge in [-0.3, -0.25) is 9.88 Å². The summed E-state index contributed by atoms with van der Waals surface area (Å²) in [7, 11) is 2.12. The van der Waals surface area contributed by atoms with E-state index in [4.69, 9.17) is 5.73 Å². The van der Waals surface area contributed by atoms with Crippen molar-refractivity contribution in [2.45, 2.75) is 19.0 Å². The first-order chi connectivity index (χ1) is 8.10. The Labute approximate surface area is 116 Å². The molecule has 2 N–H and O–H groups in total. The molecule has 0 aliphatic carbocycles. The van der Waals surface area contributed by atoms with Gasteiger partial charge in [-0.05, 0) is 47.8 Å². The van der Waals surface area contributed by atoms with Gasteiger partial charge in [0.05, 0.1) is 0 Å². The number of pyridine rings is 1. The van der Waals surface area contributed by atoms with E-state index >= 15 is 0 Å². The number of thioether (sulfide) groups is 1. The average molecular weight is 318 g/mol. The van der Waals surface area contributed by atoms with Crippen molar-refractivity contribution in [3.05, 3.63) is 28.5 Å². The minimum absolute atomic E-state index is 0.224. The first kappa shape index (κ1) is 15.0. The van der Waals surface area contributed by atoms with Crippen LogP contribution in [0.5, 0.6) is 0 Å². The highest BCUT2D eigenvalue weighted by molar-refractivity contribution is 9.10. The van der Waals surface area contributed by atoms with E-state index in [1.165, 1.54) is 0 Å². The summed E-state index contributed by atoms with van der Waals surface area (Å²) in [6, 6.07) is 2.81. The number of aromatic nitrogens is 1. The van der Waals surface area contributed by atoms with Gasteiger partial charge >= 0.3 is 0 Å². The van der Waals surface area contributed by atoms with E-state index < -0.39 is 0 Å². The predicted molar refractivity (Wildman–Crippen MR) is 79.3 cm³/mol. The van der Waals surface area contributed by atoms with Crippen LogP contribution in [0.4, 0.5) is 0 Å². The molecular weight excluding hydrogens is 298 g/mol. The summed E-state index contributed by atoms with van der Waals surface area (Å²) in [6.07, 6.45) is 5.81. The van der Waals surface area contributed by atoms with Crippen molar-refractivity contribution >= 4 is 27.7 Å². The van der Waals surface area contributed by atoms with Crippen LogP contribution < -0.4 is 5.73 Å². The zero-order chi connectivity index (χ0) is 12.8. The van der Waals surface area contributed by atoms with Crippen molar-refractivity contribution in [3.63, 3.8) is 0 Å². The summed E-state index contributed by atoms with van der Waals surface area (Å²) < 4.78 is 0.999. The van der Waals surface area contributed by atoms with Gasteiger partial charge < -0.3 is 5.73 Å². The molecule has 0 radical (unpaired) electrons. The Balaban J connectivity index is 2.83. The lowest BCUT2D eigenvalue weighted by Gasteiger charge is -2.32. The van der Waals surface area contributed by atoms with Crippen LogP contribution in [0.2, 0.25) is 0 Å². The number of hydrogen-bond acceptors (Lipinski definition) is 4. The number of nitrogens with two attached hydrogens (primary N) is 1. The van der Waals surface area contributed by atoms with Gasteiger partial charge in [-0.25, -0.2) is 0 Å². The Bertz CT molecular complexity index is 348. The maximum atomic E-state index is 5.90. The first-order valence-corrected chi connectivity index (χ1v) is 7.80. The Morgan fingerprint density at radius 2 is 2.24 bits per heavy atom. The maximum absolute atomic E-state index is 5.90. The van der Waals surface area contributed by atoms with Crippen LogP contribution in [0, 0.1) is 0 Å². The van der Waals surface area contributed by atoms with E-state index in [9.17, 15) is 0 Å². The molecule has 1 aromatic rings. The summed E-state index contributed by atoms with van der Waals surface area (Å²) in [5.74, 6) is 1.11. The number of hydrogen-bond donors (Lipinski definition) is 1. The summed E-state index contributed by atoms with van der Waals surface area (Å²) >= 11 is 5.31. The monoisotopic (exact) mass is 317 g/mol. The molecule has 0 fully saturated rings. The summed E-state index contributed by atoms with van der Waals surface area (Å²) in [5, 5.41) is 0. The summed E-state index contributed by atoms with van der Waals surface area (Å²) in [6.45, 7) is 2.83. The molecular formula is C12H20BrN3S. The van der Waals surface area contributed by atoms with Gasteiger partial charge in [0.1, 0.15) is 0 Å². The molecule has 1 aromatic heterocycles. The first-order valence-electron chi connectivity index (χ1n) is 5.61. The second-order valence-electron chi connectivity index (χ2n) is 4.16. The SMILES string of the molecule is CSCC(C)N(C)C(CN)c1cncc(Br)c1. The average Bonchev–Trinajstić information content (AvgIpc) is 2.30. The van der Waals surface area contributed by atoms with Crippen LogP contribution in [0.25, 0.3) is 0 Å². The van der Waals surface area contributed by atoms with Gasteiger partial charge in [0.15, 0.2) is 0 Å². The quantitative estimate of drug-likeness (QED) is 0.875. The normalized spacial score (nSPS) is 14.9. The van der Waals surface area contributed by atoms with Crippen molar-refractivity contribution in [1.82, 2.24) is 9.88 Å². The Morgan fingerprint density at radius 1 is 1.53 bits per heavy atom. The van der Waals surface area contributed by atoms with Crippen molar-refractivity contribution in [3.8, 4) is 0 Å². The third kappa shape index (κ3) is 4.25. The highest BCUT2D eigenvalue weighted by atomic mass is 79.9. The van der Waals surface area contributed by atoms with E-state index in [-0.39, 0.29) is 6.04 Å². The van der Waals surface area contributed by atoms with Gasteiger partial charge in [-0.15, -0.1) is 0 Å². The largest absolute Gasteiger partial charge is 0.329 e. The highest BCUT2D eigenvalue weighted by Gasteiger charge is 2.20. The van der Waals surface area contributed by atoms with E-state index in [1.54, 1.807) is 6.20 Å². The lowest BCUT2D eigenvalue weighted by Crippen LogP contribution is -2.38. The van der Waals surface area contributed by atoms with E-state index in [2.05, 4.69) is 52.1 Å².